The van der Waals surface area contributed by atoms with Gasteiger partial charge in [-0.1, -0.05) is 48.6 Å². The molecule has 0 bridgehead atoms. The van der Waals surface area contributed by atoms with Crippen LogP contribution in [0.2, 0.25) is 0 Å². The molecule has 2 aromatic carbocycles. The van der Waals surface area contributed by atoms with E-state index in [1.807, 2.05) is 36.4 Å². The van der Waals surface area contributed by atoms with E-state index >= 15 is 0 Å². The van der Waals surface area contributed by atoms with Crippen LogP contribution in [0.5, 0.6) is 0 Å². The molecule has 0 radical (unpaired) electrons. The molecule has 4 N–H and O–H groups in total. The topological polar surface area (TPSA) is 102 Å². The van der Waals surface area contributed by atoms with Crippen molar-refractivity contribution < 1.29 is 19.4 Å². The lowest BCUT2D eigenvalue weighted by Crippen LogP contribution is -2.24. The van der Waals surface area contributed by atoms with Crippen molar-refractivity contribution >= 4 is 23.8 Å². The SMILES string of the molecule is Nc1ccc(C=CCCNC(=O)OCc2ccccc2)cc1C(=O)O. The maximum absolute atomic E-state index is 11.6. The molecule has 25 heavy (non-hydrogen) atoms. The summed E-state index contributed by atoms with van der Waals surface area (Å²) in [4.78, 5) is 22.6. The molecule has 6 heteroatoms. The Kier molecular flexibility index (Phi) is 6.59. The first kappa shape index (κ1) is 18.1. The van der Waals surface area contributed by atoms with Gasteiger partial charge >= 0.3 is 12.1 Å². The third-order valence-corrected chi connectivity index (χ3v) is 3.41. The molecule has 0 unspecified atom stereocenters. The molecule has 2 aromatic rings. The van der Waals surface area contributed by atoms with E-state index in [2.05, 4.69) is 5.32 Å². The second-order valence-corrected chi connectivity index (χ2v) is 5.33. The number of amides is 1. The Morgan fingerprint density at radius 3 is 2.64 bits per heavy atom. The van der Waals surface area contributed by atoms with E-state index in [9.17, 15) is 9.59 Å². The molecule has 6 nitrogen and oxygen atoms in total. The molecule has 0 heterocycles. The summed E-state index contributed by atoms with van der Waals surface area (Å²) in [6.07, 6.45) is 3.74. The summed E-state index contributed by atoms with van der Waals surface area (Å²) in [7, 11) is 0. The maximum Gasteiger partial charge on any atom is 0.407 e. The number of aromatic carboxylic acids is 1. The first-order chi connectivity index (χ1) is 12.1. The fourth-order valence-electron chi connectivity index (χ4n) is 2.11. The molecule has 0 aliphatic carbocycles. The molecule has 0 atom stereocenters. The average Bonchev–Trinajstić information content (AvgIpc) is 2.61. The van der Waals surface area contributed by atoms with Crippen LogP contribution in [-0.4, -0.2) is 23.7 Å². The molecule has 0 aromatic heterocycles. The number of rotatable bonds is 7. The van der Waals surface area contributed by atoms with E-state index in [1.165, 1.54) is 6.07 Å². The van der Waals surface area contributed by atoms with E-state index in [-0.39, 0.29) is 17.9 Å². The molecule has 2 rings (SSSR count). The van der Waals surface area contributed by atoms with Gasteiger partial charge in [-0.15, -0.1) is 0 Å². The van der Waals surface area contributed by atoms with Crippen molar-refractivity contribution in [3.8, 4) is 0 Å². The van der Waals surface area contributed by atoms with Crippen LogP contribution < -0.4 is 11.1 Å². The predicted octanol–water partition coefficient (Wildman–Crippen LogP) is 3.30. The van der Waals surface area contributed by atoms with Gasteiger partial charge in [0.05, 0.1) is 5.56 Å². The predicted molar refractivity (Wildman–Crippen MR) is 96.1 cm³/mol. The number of ether oxygens (including phenoxy) is 1. The molecular weight excluding hydrogens is 320 g/mol. The second kappa shape index (κ2) is 9.12. The van der Waals surface area contributed by atoms with E-state index in [0.717, 1.165) is 11.1 Å². The summed E-state index contributed by atoms with van der Waals surface area (Å²) in [5.41, 5.74) is 7.57. The van der Waals surface area contributed by atoms with Gasteiger partial charge in [0.25, 0.3) is 0 Å². The zero-order chi connectivity index (χ0) is 18.1. The molecule has 0 saturated carbocycles. The molecule has 0 spiro atoms. The highest BCUT2D eigenvalue weighted by molar-refractivity contribution is 5.94. The number of anilines is 1. The standard InChI is InChI=1S/C19H20N2O4/c20-17-10-9-14(12-16(17)18(22)23)6-4-5-11-21-19(24)25-13-15-7-2-1-3-8-15/h1-4,6-10,12H,5,11,13,20H2,(H,21,24)(H,22,23). The lowest BCUT2D eigenvalue weighted by molar-refractivity contribution is 0.0698. The quantitative estimate of drug-likeness (QED) is 0.530. The average molecular weight is 340 g/mol. The number of carbonyl (C=O) groups is 2. The minimum Gasteiger partial charge on any atom is -0.478 e. The maximum atomic E-state index is 11.6. The van der Waals surface area contributed by atoms with Crippen LogP contribution in [0.25, 0.3) is 6.08 Å². The zero-order valence-electron chi connectivity index (χ0n) is 13.6. The fraction of sp³-hybridized carbons (Fsp3) is 0.158. The van der Waals surface area contributed by atoms with Crippen molar-refractivity contribution in [2.75, 3.05) is 12.3 Å². The largest absolute Gasteiger partial charge is 0.478 e. The Balaban J connectivity index is 1.72. The summed E-state index contributed by atoms with van der Waals surface area (Å²) in [6, 6.07) is 14.2. The van der Waals surface area contributed by atoms with Crippen LogP contribution in [-0.2, 0) is 11.3 Å². The number of carbonyl (C=O) groups excluding carboxylic acids is 1. The number of nitrogens with one attached hydrogen (secondary N) is 1. The lowest BCUT2D eigenvalue weighted by Gasteiger charge is -2.06. The Labute approximate surface area is 145 Å². The highest BCUT2D eigenvalue weighted by Gasteiger charge is 2.07. The summed E-state index contributed by atoms with van der Waals surface area (Å²) < 4.78 is 5.09. The van der Waals surface area contributed by atoms with E-state index < -0.39 is 12.1 Å². The van der Waals surface area contributed by atoms with Crippen LogP contribution in [0, 0.1) is 0 Å². The Morgan fingerprint density at radius 1 is 1.16 bits per heavy atom. The van der Waals surface area contributed by atoms with Crippen molar-refractivity contribution in [2.45, 2.75) is 13.0 Å². The van der Waals surface area contributed by atoms with Gasteiger partial charge in [-0.3, -0.25) is 0 Å². The second-order valence-electron chi connectivity index (χ2n) is 5.33. The molecule has 0 aliphatic rings. The zero-order valence-corrected chi connectivity index (χ0v) is 13.6. The summed E-state index contributed by atoms with van der Waals surface area (Å²) >= 11 is 0. The number of hydrogen-bond acceptors (Lipinski definition) is 4. The monoisotopic (exact) mass is 340 g/mol. The van der Waals surface area contributed by atoms with Gasteiger partial charge in [0.1, 0.15) is 6.61 Å². The third kappa shape index (κ3) is 6.02. The van der Waals surface area contributed by atoms with Crippen LogP contribution in [0.15, 0.2) is 54.6 Å². The Bertz CT molecular complexity index is 757. The number of nitrogen functional groups attached to an aromatic ring is 1. The smallest absolute Gasteiger partial charge is 0.407 e. The summed E-state index contributed by atoms with van der Waals surface area (Å²) in [6.45, 7) is 0.650. The van der Waals surface area contributed by atoms with Gasteiger partial charge in [-0.25, -0.2) is 9.59 Å². The van der Waals surface area contributed by atoms with E-state index in [4.69, 9.17) is 15.6 Å². The molecule has 0 fully saturated rings. The van der Waals surface area contributed by atoms with Gasteiger partial charge in [0.15, 0.2) is 0 Å². The van der Waals surface area contributed by atoms with Crippen molar-refractivity contribution in [1.82, 2.24) is 5.32 Å². The molecule has 1 amide bonds. The van der Waals surface area contributed by atoms with Gasteiger partial charge < -0.3 is 20.9 Å². The molecular formula is C19H20N2O4. The molecule has 130 valence electrons. The third-order valence-electron chi connectivity index (χ3n) is 3.41. The van der Waals surface area contributed by atoms with Crippen LogP contribution in [0.3, 0.4) is 0 Å². The van der Waals surface area contributed by atoms with Crippen molar-refractivity contribution in [3.63, 3.8) is 0 Å². The Hall–Kier alpha value is -3.28. The van der Waals surface area contributed by atoms with Crippen molar-refractivity contribution in [3.05, 3.63) is 71.3 Å². The summed E-state index contributed by atoms with van der Waals surface area (Å²) in [5.74, 6) is -1.06. The number of carboxylic acid groups (broad SMARTS) is 1. The van der Waals surface area contributed by atoms with Gasteiger partial charge in [0, 0.05) is 12.2 Å². The minimum absolute atomic E-state index is 0.0739. The van der Waals surface area contributed by atoms with Crippen molar-refractivity contribution in [1.29, 1.82) is 0 Å². The highest BCUT2D eigenvalue weighted by Crippen LogP contribution is 2.15. The van der Waals surface area contributed by atoms with Crippen LogP contribution in [0.1, 0.15) is 27.9 Å². The Morgan fingerprint density at radius 2 is 1.92 bits per heavy atom. The van der Waals surface area contributed by atoms with E-state index in [0.29, 0.717) is 13.0 Å². The first-order valence-corrected chi connectivity index (χ1v) is 7.80. The highest BCUT2D eigenvalue weighted by atomic mass is 16.5. The van der Waals surface area contributed by atoms with Crippen LogP contribution >= 0.6 is 0 Å². The molecule has 0 saturated heterocycles. The molecule has 0 aliphatic heterocycles. The summed E-state index contributed by atoms with van der Waals surface area (Å²) in [5, 5.41) is 11.7. The number of benzene rings is 2. The number of nitrogens with two attached hydrogens (primary N) is 1. The fourth-order valence-corrected chi connectivity index (χ4v) is 2.11. The number of hydrogen-bond donors (Lipinski definition) is 3. The van der Waals surface area contributed by atoms with Crippen LogP contribution in [0.4, 0.5) is 10.5 Å². The number of alkyl carbamates (subject to hydrolysis) is 1. The van der Waals surface area contributed by atoms with E-state index in [1.54, 1.807) is 18.2 Å². The van der Waals surface area contributed by atoms with Gasteiger partial charge in [-0.2, -0.15) is 0 Å². The first-order valence-electron chi connectivity index (χ1n) is 7.80. The number of carboxylic acids is 1. The van der Waals surface area contributed by atoms with Crippen molar-refractivity contribution in [2.24, 2.45) is 0 Å². The van der Waals surface area contributed by atoms with Gasteiger partial charge in [0.2, 0.25) is 0 Å². The minimum atomic E-state index is -1.06. The van der Waals surface area contributed by atoms with Gasteiger partial charge in [-0.05, 0) is 29.7 Å². The lowest BCUT2D eigenvalue weighted by atomic mass is 10.1. The normalized spacial score (nSPS) is 10.6.